The number of likely N-dealkylation sites (N-methyl/N-ethyl adjacent to an activating group) is 1. The lowest BCUT2D eigenvalue weighted by Crippen LogP contribution is -2.31. The maximum atomic E-state index is 12.0. The number of hydrogen-bond donors (Lipinski definition) is 1. The molecule has 0 spiro atoms. The second-order valence-corrected chi connectivity index (χ2v) is 6.26. The van der Waals surface area contributed by atoms with Gasteiger partial charge in [0, 0.05) is 19.3 Å². The van der Waals surface area contributed by atoms with E-state index in [1.807, 2.05) is 11.4 Å². The van der Waals surface area contributed by atoms with Crippen LogP contribution in [0.15, 0.2) is 41.8 Å². The molecule has 1 heterocycles. The van der Waals surface area contributed by atoms with Crippen LogP contribution in [0.4, 0.5) is 5.69 Å². The molecular weight excluding hydrogens is 354 g/mol. The van der Waals surface area contributed by atoms with Crippen LogP contribution in [0.1, 0.15) is 26.5 Å². The number of anilines is 1. The van der Waals surface area contributed by atoms with Crippen LogP contribution in [0, 0.1) is 11.3 Å². The van der Waals surface area contributed by atoms with Crippen LogP contribution in [0.3, 0.4) is 0 Å². The molecule has 0 unspecified atom stereocenters. The van der Waals surface area contributed by atoms with Gasteiger partial charge in [0.25, 0.3) is 11.8 Å². The summed E-state index contributed by atoms with van der Waals surface area (Å²) in [5, 5.41) is 13.0. The molecule has 0 saturated heterocycles. The predicted molar refractivity (Wildman–Crippen MR) is 96.9 cm³/mol. The number of hydrogen-bond acceptors (Lipinski definition) is 6. The monoisotopic (exact) mass is 371 g/mol. The van der Waals surface area contributed by atoms with Crippen molar-refractivity contribution < 1.29 is 19.1 Å². The Hall–Kier alpha value is -3.18. The van der Waals surface area contributed by atoms with Gasteiger partial charge in [-0.25, -0.2) is 4.79 Å². The van der Waals surface area contributed by atoms with E-state index >= 15 is 0 Å². The normalized spacial score (nSPS) is 9.85. The van der Waals surface area contributed by atoms with Gasteiger partial charge in [0.1, 0.15) is 0 Å². The summed E-state index contributed by atoms with van der Waals surface area (Å²) < 4.78 is 4.97. The Morgan fingerprint density at radius 1 is 1.23 bits per heavy atom. The van der Waals surface area contributed by atoms with Crippen molar-refractivity contribution in [2.24, 2.45) is 0 Å². The van der Waals surface area contributed by atoms with Crippen molar-refractivity contribution >= 4 is 34.8 Å². The summed E-state index contributed by atoms with van der Waals surface area (Å²) in [5.74, 6) is -1.24. The van der Waals surface area contributed by atoms with Crippen molar-refractivity contribution in [2.75, 3.05) is 25.5 Å². The maximum absolute atomic E-state index is 12.0. The van der Waals surface area contributed by atoms with Crippen LogP contribution < -0.4 is 5.32 Å². The number of amides is 2. The lowest BCUT2D eigenvalue weighted by atomic mass is 10.2. The van der Waals surface area contributed by atoms with E-state index in [-0.39, 0.29) is 30.3 Å². The summed E-state index contributed by atoms with van der Waals surface area (Å²) in [6.45, 7) is -0.108. The van der Waals surface area contributed by atoms with Crippen molar-refractivity contribution in [3.63, 3.8) is 0 Å². The van der Waals surface area contributed by atoms with Gasteiger partial charge in [0.2, 0.25) is 0 Å². The van der Waals surface area contributed by atoms with Gasteiger partial charge in [0.05, 0.1) is 22.9 Å². The van der Waals surface area contributed by atoms with E-state index in [1.165, 1.54) is 28.4 Å². The lowest BCUT2D eigenvalue weighted by Gasteiger charge is -2.15. The van der Waals surface area contributed by atoms with Crippen molar-refractivity contribution in [3.05, 3.63) is 52.2 Å². The minimum Gasteiger partial charge on any atom is -0.452 e. The summed E-state index contributed by atoms with van der Waals surface area (Å²) in [4.78, 5) is 37.6. The summed E-state index contributed by atoms with van der Waals surface area (Å²) in [6.07, 6.45) is 0.217. The van der Waals surface area contributed by atoms with Crippen LogP contribution in [0.2, 0.25) is 0 Å². The second-order valence-electron chi connectivity index (χ2n) is 5.31. The topological polar surface area (TPSA) is 99.5 Å². The van der Waals surface area contributed by atoms with Gasteiger partial charge in [0.15, 0.2) is 6.61 Å². The Labute approximate surface area is 154 Å². The van der Waals surface area contributed by atoms with E-state index in [9.17, 15) is 14.4 Å². The Bertz CT molecular complexity index is 810. The Morgan fingerprint density at radius 2 is 1.96 bits per heavy atom. The first-order chi connectivity index (χ1) is 12.5. The molecule has 0 bridgehead atoms. The van der Waals surface area contributed by atoms with Gasteiger partial charge < -0.3 is 15.0 Å². The highest BCUT2D eigenvalue weighted by Crippen LogP contribution is 2.14. The molecule has 7 nitrogen and oxygen atoms in total. The minimum atomic E-state index is -0.636. The zero-order chi connectivity index (χ0) is 18.9. The molecule has 2 amide bonds. The fraction of sp³-hybridized carbons (Fsp3) is 0.222. The highest BCUT2D eigenvalue weighted by molar-refractivity contribution is 7.12. The van der Waals surface area contributed by atoms with Crippen LogP contribution in [-0.2, 0) is 9.53 Å². The molecule has 0 aliphatic heterocycles. The van der Waals surface area contributed by atoms with Crippen LogP contribution in [-0.4, -0.2) is 42.9 Å². The van der Waals surface area contributed by atoms with Gasteiger partial charge in [-0.3, -0.25) is 9.59 Å². The minimum absolute atomic E-state index is 0.217. The molecule has 0 aliphatic rings. The molecular formula is C18H17N3O4S. The Balaban J connectivity index is 1.85. The summed E-state index contributed by atoms with van der Waals surface area (Å²) in [7, 11) is 1.54. The number of carbonyl (C=O) groups excluding carboxylic acids is 3. The van der Waals surface area contributed by atoms with E-state index in [2.05, 4.69) is 5.32 Å². The molecule has 0 atom stereocenters. The summed E-state index contributed by atoms with van der Waals surface area (Å²) >= 11 is 1.33. The van der Waals surface area contributed by atoms with Crippen molar-refractivity contribution in [1.29, 1.82) is 5.26 Å². The fourth-order valence-electron chi connectivity index (χ4n) is 1.95. The van der Waals surface area contributed by atoms with E-state index in [4.69, 9.17) is 10.00 Å². The number of ether oxygens (including phenoxy) is 1. The fourth-order valence-corrected chi connectivity index (χ4v) is 2.57. The highest BCUT2D eigenvalue weighted by Gasteiger charge is 2.14. The second kappa shape index (κ2) is 9.34. The van der Waals surface area contributed by atoms with Crippen LogP contribution >= 0.6 is 11.3 Å². The predicted octanol–water partition coefficient (Wildman–Crippen LogP) is 2.53. The van der Waals surface area contributed by atoms with Crippen LogP contribution in [0.25, 0.3) is 0 Å². The average molecular weight is 371 g/mol. The third-order valence-corrected chi connectivity index (χ3v) is 4.30. The molecule has 134 valence electrons. The molecule has 0 radical (unpaired) electrons. The molecule has 1 aromatic carbocycles. The van der Waals surface area contributed by atoms with Crippen molar-refractivity contribution in [1.82, 2.24) is 4.90 Å². The van der Waals surface area contributed by atoms with E-state index in [0.29, 0.717) is 10.6 Å². The number of thiophene rings is 1. The first-order valence-corrected chi connectivity index (χ1v) is 8.62. The van der Waals surface area contributed by atoms with Crippen molar-refractivity contribution in [3.8, 4) is 6.07 Å². The molecule has 0 saturated carbocycles. The molecule has 2 rings (SSSR count). The molecule has 1 N–H and O–H groups in total. The summed E-state index contributed by atoms with van der Waals surface area (Å²) in [6, 6.07) is 11.6. The molecule has 2 aromatic rings. The number of nitriles is 1. The van der Waals surface area contributed by atoms with Gasteiger partial charge in [-0.1, -0.05) is 6.07 Å². The molecule has 8 heteroatoms. The zero-order valence-electron chi connectivity index (χ0n) is 14.1. The largest absolute Gasteiger partial charge is 0.452 e. The lowest BCUT2D eigenvalue weighted by molar-refractivity contribution is -0.133. The van der Waals surface area contributed by atoms with Gasteiger partial charge >= 0.3 is 5.97 Å². The number of nitrogens with zero attached hydrogens (tertiary/aromatic N) is 2. The molecule has 0 fully saturated rings. The number of benzene rings is 1. The van der Waals surface area contributed by atoms with E-state index in [1.54, 1.807) is 31.3 Å². The van der Waals surface area contributed by atoms with Gasteiger partial charge in [-0.2, -0.15) is 5.26 Å². The van der Waals surface area contributed by atoms with Crippen LogP contribution in [0.5, 0.6) is 0 Å². The summed E-state index contributed by atoms with van der Waals surface area (Å²) in [5.41, 5.74) is 0.818. The Morgan fingerprint density at radius 3 is 2.58 bits per heavy atom. The van der Waals surface area contributed by atoms with Crippen molar-refractivity contribution in [2.45, 2.75) is 6.42 Å². The van der Waals surface area contributed by atoms with Gasteiger partial charge in [-0.05, 0) is 35.7 Å². The Kier molecular flexibility index (Phi) is 6.88. The molecule has 1 aromatic heterocycles. The van der Waals surface area contributed by atoms with E-state index < -0.39 is 12.6 Å². The number of nitrogens with one attached hydrogen (secondary N) is 1. The highest BCUT2D eigenvalue weighted by atomic mass is 32.1. The number of carbonyl (C=O) groups is 3. The van der Waals surface area contributed by atoms with Gasteiger partial charge in [-0.15, -0.1) is 11.3 Å². The standard InChI is InChI=1S/C18H17N3O4S/c1-21(10-3-9-19)16(22)12-25-18(24)13-5-7-14(8-6-13)20-17(23)15-4-2-11-26-15/h2,4-8,11H,3,10,12H2,1H3,(H,20,23). The molecule has 26 heavy (non-hydrogen) atoms. The van der Waals surface area contributed by atoms with E-state index in [0.717, 1.165) is 0 Å². The number of rotatable bonds is 7. The SMILES string of the molecule is CN(CCC#N)C(=O)COC(=O)c1ccc(NC(=O)c2cccs2)cc1. The third-order valence-electron chi connectivity index (χ3n) is 3.43. The quantitative estimate of drug-likeness (QED) is 0.754. The number of esters is 1. The first-order valence-electron chi connectivity index (χ1n) is 7.74. The smallest absolute Gasteiger partial charge is 0.338 e. The third kappa shape index (κ3) is 5.43. The maximum Gasteiger partial charge on any atom is 0.338 e. The molecule has 0 aliphatic carbocycles. The zero-order valence-corrected chi connectivity index (χ0v) is 14.9. The average Bonchev–Trinajstić information content (AvgIpc) is 3.19. The first kappa shape index (κ1) is 19.1.